The van der Waals surface area contributed by atoms with E-state index in [1.807, 2.05) is 19.1 Å². The summed E-state index contributed by atoms with van der Waals surface area (Å²) in [5.41, 5.74) is 0.730. The fourth-order valence-corrected chi connectivity index (χ4v) is 5.84. The van der Waals surface area contributed by atoms with Gasteiger partial charge in [-0.05, 0) is 49.3 Å². The van der Waals surface area contributed by atoms with Crippen LogP contribution in [0.15, 0.2) is 51.7 Å². The normalized spacial score (nSPS) is 16.0. The molecule has 0 unspecified atom stereocenters. The Hall–Kier alpha value is -1.90. The first-order chi connectivity index (χ1) is 14.1. The van der Waals surface area contributed by atoms with Crippen LogP contribution in [0.1, 0.15) is 36.6 Å². The lowest BCUT2D eigenvalue weighted by atomic mass is 10.2. The minimum absolute atomic E-state index is 0.317. The highest BCUT2D eigenvalue weighted by Gasteiger charge is 2.27. The molecule has 0 aliphatic carbocycles. The molecule has 1 aliphatic rings. The number of aliphatic imine (C=N–C) groups is 1. The van der Waals surface area contributed by atoms with Gasteiger partial charge < -0.3 is 10.6 Å². The maximum Gasteiger partial charge on any atom is 0.243 e. The van der Waals surface area contributed by atoms with Gasteiger partial charge in [-0.15, -0.1) is 11.3 Å². The van der Waals surface area contributed by atoms with Gasteiger partial charge in [0.25, 0.3) is 0 Å². The molecule has 0 radical (unpaired) electrons. The van der Waals surface area contributed by atoms with Crippen LogP contribution in [0.2, 0.25) is 0 Å². The van der Waals surface area contributed by atoms with Gasteiger partial charge in [-0.1, -0.05) is 30.7 Å². The Morgan fingerprint density at radius 2 is 1.90 bits per heavy atom. The number of nitrogens with zero attached hydrogens (tertiary/aromatic N) is 2. The maximum atomic E-state index is 13.1. The van der Waals surface area contributed by atoms with E-state index in [0.717, 1.165) is 44.3 Å². The average molecular weight is 435 g/mol. The Kier molecular flexibility index (Phi) is 8.09. The average Bonchev–Trinajstić information content (AvgIpc) is 3.26. The highest BCUT2D eigenvalue weighted by molar-refractivity contribution is 7.89. The first kappa shape index (κ1) is 21.8. The first-order valence-corrected chi connectivity index (χ1v) is 12.6. The number of nitrogens with one attached hydrogen (secondary N) is 2. The molecule has 0 amide bonds. The number of sulfonamides is 1. The molecule has 0 spiro atoms. The van der Waals surface area contributed by atoms with E-state index >= 15 is 0 Å². The van der Waals surface area contributed by atoms with Crippen LogP contribution in [-0.2, 0) is 23.0 Å². The second-order valence-electron chi connectivity index (χ2n) is 7.02. The van der Waals surface area contributed by atoms with Gasteiger partial charge in [0.05, 0.1) is 11.4 Å². The van der Waals surface area contributed by atoms with Crippen molar-refractivity contribution >= 4 is 27.3 Å². The summed E-state index contributed by atoms with van der Waals surface area (Å²) in [5, 5.41) is 8.65. The van der Waals surface area contributed by atoms with Gasteiger partial charge in [-0.2, -0.15) is 4.31 Å². The fourth-order valence-electron chi connectivity index (χ4n) is 3.40. The maximum absolute atomic E-state index is 13.1. The van der Waals surface area contributed by atoms with Crippen LogP contribution in [0, 0.1) is 0 Å². The molecule has 1 aromatic heterocycles. The zero-order valence-corrected chi connectivity index (χ0v) is 18.6. The van der Waals surface area contributed by atoms with Gasteiger partial charge in [0.15, 0.2) is 5.96 Å². The molecule has 1 aliphatic heterocycles. The predicted molar refractivity (Wildman–Crippen MR) is 120 cm³/mol. The Morgan fingerprint density at radius 1 is 1.10 bits per heavy atom. The van der Waals surface area contributed by atoms with E-state index in [1.165, 1.54) is 4.88 Å². The molecule has 0 bridgehead atoms. The van der Waals surface area contributed by atoms with E-state index in [1.54, 1.807) is 27.8 Å². The largest absolute Gasteiger partial charge is 0.357 e. The summed E-state index contributed by atoms with van der Waals surface area (Å²) < 4.78 is 27.9. The summed E-state index contributed by atoms with van der Waals surface area (Å²) in [7, 11) is -3.47. The van der Waals surface area contributed by atoms with Crippen LogP contribution in [0.3, 0.4) is 0 Å². The molecule has 0 saturated carbocycles. The van der Waals surface area contributed by atoms with Crippen molar-refractivity contribution in [3.05, 3.63) is 52.2 Å². The van der Waals surface area contributed by atoms with E-state index in [2.05, 4.69) is 33.1 Å². The van der Waals surface area contributed by atoms with Crippen molar-refractivity contribution in [2.75, 3.05) is 26.2 Å². The van der Waals surface area contributed by atoms with Crippen molar-refractivity contribution in [3.63, 3.8) is 0 Å². The molecule has 29 heavy (non-hydrogen) atoms. The number of hydrogen-bond donors (Lipinski definition) is 2. The lowest BCUT2D eigenvalue weighted by Gasteiger charge is -2.26. The molecule has 8 heteroatoms. The third-order valence-corrected chi connectivity index (χ3v) is 7.84. The van der Waals surface area contributed by atoms with E-state index in [0.29, 0.717) is 30.5 Å². The molecule has 158 valence electrons. The number of rotatable bonds is 8. The monoisotopic (exact) mass is 434 g/mol. The highest BCUT2D eigenvalue weighted by atomic mass is 32.2. The molecule has 3 rings (SSSR count). The summed E-state index contributed by atoms with van der Waals surface area (Å²) in [6.45, 7) is 5.07. The van der Waals surface area contributed by atoms with Gasteiger partial charge in [0.2, 0.25) is 10.0 Å². The SMILES string of the molecule is CCNC(=NCc1ccccc1S(=O)(=O)N1CCCCC1)NCCc1cccs1. The molecule has 6 nitrogen and oxygen atoms in total. The van der Waals surface area contributed by atoms with Crippen molar-refractivity contribution in [2.45, 2.75) is 44.0 Å². The number of piperidine rings is 1. The Labute approximate surface area is 178 Å². The minimum Gasteiger partial charge on any atom is -0.357 e. The lowest BCUT2D eigenvalue weighted by molar-refractivity contribution is 0.346. The number of hydrogen-bond acceptors (Lipinski definition) is 4. The zero-order chi connectivity index (χ0) is 20.5. The van der Waals surface area contributed by atoms with E-state index in [-0.39, 0.29) is 0 Å². The number of guanidine groups is 1. The van der Waals surface area contributed by atoms with Gasteiger partial charge in [0.1, 0.15) is 0 Å². The van der Waals surface area contributed by atoms with Crippen molar-refractivity contribution < 1.29 is 8.42 Å². The van der Waals surface area contributed by atoms with Crippen LogP contribution in [0.4, 0.5) is 0 Å². The van der Waals surface area contributed by atoms with Gasteiger partial charge in [0, 0.05) is 31.1 Å². The Bertz CT molecular complexity index is 889. The Balaban J connectivity index is 1.70. The topological polar surface area (TPSA) is 73.8 Å². The highest BCUT2D eigenvalue weighted by Crippen LogP contribution is 2.24. The number of benzene rings is 1. The van der Waals surface area contributed by atoms with Crippen LogP contribution in [-0.4, -0.2) is 44.9 Å². The van der Waals surface area contributed by atoms with Crippen molar-refractivity contribution in [3.8, 4) is 0 Å². The predicted octanol–water partition coefficient (Wildman–Crippen LogP) is 3.22. The molecule has 2 N–H and O–H groups in total. The molecule has 1 aromatic carbocycles. The van der Waals surface area contributed by atoms with E-state index in [9.17, 15) is 8.42 Å². The zero-order valence-electron chi connectivity index (χ0n) is 16.9. The summed E-state index contributed by atoms with van der Waals surface area (Å²) in [4.78, 5) is 6.34. The standard InChI is InChI=1S/C21H30N4O2S2/c1-2-22-21(23-13-12-19-10-8-16-28-19)24-17-18-9-4-5-11-20(18)29(26,27)25-14-6-3-7-15-25/h4-5,8-11,16H,2-3,6-7,12-15,17H2,1H3,(H2,22,23,24). The fraction of sp³-hybridized carbons (Fsp3) is 0.476. The quantitative estimate of drug-likeness (QED) is 0.494. The van der Waals surface area contributed by atoms with Crippen molar-refractivity contribution in [1.82, 2.24) is 14.9 Å². The van der Waals surface area contributed by atoms with Crippen LogP contribution < -0.4 is 10.6 Å². The van der Waals surface area contributed by atoms with Crippen molar-refractivity contribution in [1.29, 1.82) is 0 Å². The second kappa shape index (κ2) is 10.8. The van der Waals surface area contributed by atoms with Crippen molar-refractivity contribution in [2.24, 2.45) is 4.99 Å². The summed E-state index contributed by atoms with van der Waals surface area (Å²) >= 11 is 1.74. The molecule has 0 atom stereocenters. The molecule has 2 aromatic rings. The molecular formula is C21H30N4O2S2. The first-order valence-electron chi connectivity index (χ1n) is 10.2. The summed E-state index contributed by atoms with van der Waals surface area (Å²) in [6, 6.07) is 11.4. The molecule has 1 saturated heterocycles. The molecule has 2 heterocycles. The third-order valence-electron chi connectivity index (χ3n) is 4.90. The Morgan fingerprint density at radius 3 is 2.62 bits per heavy atom. The molecule has 1 fully saturated rings. The second-order valence-corrected chi connectivity index (χ2v) is 9.96. The van der Waals surface area contributed by atoms with Gasteiger partial charge >= 0.3 is 0 Å². The number of thiophene rings is 1. The van der Waals surface area contributed by atoms with Crippen LogP contribution >= 0.6 is 11.3 Å². The lowest BCUT2D eigenvalue weighted by Crippen LogP contribution is -2.38. The smallest absolute Gasteiger partial charge is 0.243 e. The van der Waals surface area contributed by atoms with E-state index < -0.39 is 10.0 Å². The molecular weight excluding hydrogens is 404 g/mol. The van der Waals surface area contributed by atoms with Crippen LogP contribution in [0.5, 0.6) is 0 Å². The third kappa shape index (κ3) is 6.04. The van der Waals surface area contributed by atoms with Gasteiger partial charge in [-0.25, -0.2) is 13.4 Å². The minimum atomic E-state index is -3.47. The van der Waals surface area contributed by atoms with Gasteiger partial charge in [-0.3, -0.25) is 0 Å². The van der Waals surface area contributed by atoms with Crippen LogP contribution in [0.25, 0.3) is 0 Å². The van der Waals surface area contributed by atoms with E-state index in [4.69, 9.17) is 0 Å². The summed E-state index contributed by atoms with van der Waals surface area (Å²) in [5.74, 6) is 0.703. The summed E-state index contributed by atoms with van der Waals surface area (Å²) in [6.07, 6.45) is 3.89.